The molecule has 1 saturated heterocycles. The SMILES string of the molecule is C=CCC(C(C(=O)O)[Si](C)(C)C)N1[Si](C)(C)CC[Si]1(C)C. The lowest BCUT2D eigenvalue weighted by molar-refractivity contribution is -0.137. The molecule has 1 fully saturated rings. The van der Waals surface area contributed by atoms with Gasteiger partial charge in [-0.25, -0.2) is 0 Å². The molecule has 6 heteroatoms. The standard InChI is InChI=1S/C15H33NO2Si3/c1-9-10-13(14(15(17)18)19(2,3)4)16-20(5,6)11-12-21(16,7)8/h9,13-14H,1,10-12H2,2-8H3,(H,17,18). The van der Waals surface area contributed by atoms with Gasteiger partial charge in [-0.1, -0.05) is 51.9 Å². The van der Waals surface area contributed by atoms with E-state index < -0.39 is 30.5 Å². The van der Waals surface area contributed by atoms with E-state index in [-0.39, 0.29) is 11.6 Å². The Labute approximate surface area is 133 Å². The van der Waals surface area contributed by atoms with E-state index in [2.05, 4.69) is 56.6 Å². The lowest BCUT2D eigenvalue weighted by atomic mass is 10.1. The Morgan fingerprint density at radius 2 is 1.67 bits per heavy atom. The van der Waals surface area contributed by atoms with Crippen LogP contribution in [0.25, 0.3) is 0 Å². The highest BCUT2D eigenvalue weighted by molar-refractivity contribution is 6.95. The lowest BCUT2D eigenvalue weighted by Gasteiger charge is -2.49. The summed E-state index contributed by atoms with van der Waals surface area (Å²) in [7, 11) is -4.76. The second kappa shape index (κ2) is 6.14. The molecule has 0 aromatic carbocycles. The number of carboxylic acid groups (broad SMARTS) is 1. The maximum Gasteiger partial charge on any atom is 0.305 e. The van der Waals surface area contributed by atoms with Crippen molar-refractivity contribution >= 4 is 30.5 Å². The number of hydrogen-bond acceptors (Lipinski definition) is 2. The average Bonchev–Trinajstić information content (AvgIpc) is 2.45. The zero-order valence-corrected chi connectivity index (χ0v) is 17.9. The van der Waals surface area contributed by atoms with Crippen molar-refractivity contribution in [2.24, 2.45) is 0 Å². The van der Waals surface area contributed by atoms with Crippen LogP contribution in [0.15, 0.2) is 12.7 Å². The zero-order valence-electron chi connectivity index (χ0n) is 14.9. The van der Waals surface area contributed by atoms with Crippen LogP contribution >= 0.6 is 0 Å². The predicted molar refractivity (Wildman–Crippen MR) is 99.8 cm³/mol. The van der Waals surface area contributed by atoms with E-state index in [0.717, 1.165) is 6.42 Å². The van der Waals surface area contributed by atoms with Crippen molar-refractivity contribution in [2.75, 3.05) is 0 Å². The molecule has 1 rings (SSSR count). The lowest BCUT2D eigenvalue weighted by Crippen LogP contribution is -2.63. The summed E-state index contributed by atoms with van der Waals surface area (Å²) in [5.41, 5.74) is -0.202. The van der Waals surface area contributed by atoms with Crippen molar-refractivity contribution < 1.29 is 9.90 Å². The molecule has 1 aliphatic heterocycles. The highest BCUT2D eigenvalue weighted by Gasteiger charge is 2.54. The molecule has 0 saturated carbocycles. The average molecular weight is 344 g/mol. The van der Waals surface area contributed by atoms with Gasteiger partial charge in [-0.15, -0.1) is 6.58 Å². The summed E-state index contributed by atoms with van der Waals surface area (Å²) in [5, 5.41) is 9.91. The van der Waals surface area contributed by atoms with E-state index in [4.69, 9.17) is 0 Å². The van der Waals surface area contributed by atoms with Crippen LogP contribution < -0.4 is 0 Å². The Morgan fingerprint density at radius 3 is 1.95 bits per heavy atom. The van der Waals surface area contributed by atoms with Gasteiger partial charge >= 0.3 is 5.97 Å². The van der Waals surface area contributed by atoms with Crippen LogP contribution in [-0.4, -0.2) is 45.9 Å². The van der Waals surface area contributed by atoms with Crippen LogP contribution in [0.5, 0.6) is 0 Å². The van der Waals surface area contributed by atoms with Gasteiger partial charge in [0, 0.05) is 6.04 Å². The van der Waals surface area contributed by atoms with E-state index in [1.54, 1.807) is 0 Å². The Kier molecular flexibility index (Phi) is 5.51. The number of carboxylic acids is 1. The Hall–Kier alpha value is -0.179. The minimum atomic E-state index is -1.79. The molecule has 0 bridgehead atoms. The minimum absolute atomic E-state index is 0.164. The van der Waals surface area contributed by atoms with Gasteiger partial charge in [0.25, 0.3) is 0 Å². The number of nitrogens with zero attached hydrogens (tertiary/aromatic N) is 1. The molecule has 2 atom stereocenters. The van der Waals surface area contributed by atoms with Crippen molar-refractivity contribution in [3.05, 3.63) is 12.7 Å². The molecule has 1 N–H and O–H groups in total. The van der Waals surface area contributed by atoms with Crippen molar-refractivity contribution in [3.63, 3.8) is 0 Å². The predicted octanol–water partition coefficient (Wildman–Crippen LogP) is 4.45. The minimum Gasteiger partial charge on any atom is -0.481 e. The number of rotatable bonds is 6. The van der Waals surface area contributed by atoms with Gasteiger partial charge in [0.1, 0.15) is 16.5 Å². The molecule has 2 unspecified atom stereocenters. The van der Waals surface area contributed by atoms with E-state index in [1.165, 1.54) is 12.1 Å². The highest BCUT2D eigenvalue weighted by Crippen LogP contribution is 2.44. The summed E-state index contributed by atoms with van der Waals surface area (Å²) >= 11 is 0. The first-order chi connectivity index (χ1) is 9.34. The molecular formula is C15H33NO2Si3. The summed E-state index contributed by atoms with van der Waals surface area (Å²) in [5.74, 6) is -0.595. The van der Waals surface area contributed by atoms with Crippen LogP contribution in [0.1, 0.15) is 6.42 Å². The molecule has 0 spiro atoms. The summed E-state index contributed by atoms with van der Waals surface area (Å²) in [6.45, 7) is 20.2. The van der Waals surface area contributed by atoms with Crippen LogP contribution in [0.3, 0.4) is 0 Å². The second-order valence-corrected chi connectivity index (χ2v) is 23.8. The van der Waals surface area contributed by atoms with E-state index >= 15 is 0 Å². The third-order valence-corrected chi connectivity index (χ3v) is 17.8. The van der Waals surface area contributed by atoms with Crippen LogP contribution in [0.4, 0.5) is 0 Å². The molecule has 0 aromatic heterocycles. The molecule has 122 valence electrons. The molecule has 0 radical (unpaired) electrons. The second-order valence-electron chi connectivity index (χ2n) is 8.77. The largest absolute Gasteiger partial charge is 0.481 e. The molecule has 21 heavy (non-hydrogen) atoms. The molecule has 1 aliphatic rings. The third kappa shape index (κ3) is 3.97. The van der Waals surface area contributed by atoms with E-state index in [0.29, 0.717) is 0 Å². The first-order valence-corrected chi connectivity index (χ1v) is 17.9. The van der Waals surface area contributed by atoms with E-state index in [1.807, 2.05) is 6.08 Å². The molecule has 0 aromatic rings. The fourth-order valence-electron chi connectivity index (χ4n) is 4.24. The number of hydrogen-bond donors (Lipinski definition) is 1. The summed E-state index contributed by atoms with van der Waals surface area (Å²) in [6.07, 6.45) is 2.75. The van der Waals surface area contributed by atoms with Gasteiger partial charge in [0.15, 0.2) is 0 Å². The number of aliphatic carboxylic acids is 1. The molecule has 3 nitrogen and oxygen atoms in total. The first kappa shape index (κ1) is 18.9. The summed E-state index contributed by atoms with van der Waals surface area (Å²) in [6, 6.07) is 2.80. The van der Waals surface area contributed by atoms with Crippen LogP contribution in [0, 0.1) is 0 Å². The Bertz CT molecular complexity index is 400. The Morgan fingerprint density at radius 1 is 1.24 bits per heavy atom. The fraction of sp³-hybridized carbons (Fsp3) is 0.800. The van der Waals surface area contributed by atoms with Crippen LogP contribution in [0.2, 0.25) is 63.5 Å². The zero-order chi connectivity index (χ0) is 16.6. The van der Waals surface area contributed by atoms with Crippen LogP contribution in [-0.2, 0) is 4.79 Å². The smallest absolute Gasteiger partial charge is 0.305 e. The third-order valence-electron chi connectivity index (χ3n) is 4.98. The number of carbonyl (C=O) groups is 1. The van der Waals surface area contributed by atoms with Crippen molar-refractivity contribution in [1.29, 1.82) is 0 Å². The quantitative estimate of drug-likeness (QED) is 0.572. The van der Waals surface area contributed by atoms with Crippen molar-refractivity contribution in [3.8, 4) is 0 Å². The first-order valence-electron chi connectivity index (χ1n) is 7.98. The highest BCUT2D eigenvalue weighted by atomic mass is 28.4. The summed E-state index contributed by atoms with van der Waals surface area (Å²) < 4.78 is 2.76. The van der Waals surface area contributed by atoms with Gasteiger partial charge in [-0.2, -0.15) is 0 Å². The molecule has 1 heterocycles. The maximum atomic E-state index is 12.0. The maximum absolute atomic E-state index is 12.0. The Balaban J connectivity index is 3.33. The fourth-order valence-corrected chi connectivity index (χ4v) is 21.6. The van der Waals surface area contributed by atoms with Gasteiger partial charge < -0.3 is 9.34 Å². The monoisotopic (exact) mass is 343 g/mol. The van der Waals surface area contributed by atoms with Gasteiger partial charge in [-0.05, 0) is 18.5 Å². The van der Waals surface area contributed by atoms with Crippen molar-refractivity contribution in [2.45, 2.75) is 75.9 Å². The molecule has 0 aliphatic carbocycles. The van der Waals surface area contributed by atoms with Gasteiger partial charge in [0.05, 0.1) is 13.6 Å². The molecule has 0 amide bonds. The molecular weight excluding hydrogens is 310 g/mol. The van der Waals surface area contributed by atoms with E-state index in [9.17, 15) is 9.90 Å². The van der Waals surface area contributed by atoms with Crippen molar-refractivity contribution in [1.82, 2.24) is 4.23 Å². The van der Waals surface area contributed by atoms with Gasteiger partial charge in [0.2, 0.25) is 0 Å². The normalized spacial score (nSPS) is 24.5. The summed E-state index contributed by atoms with van der Waals surface area (Å²) in [4.78, 5) is 12.0. The van der Waals surface area contributed by atoms with Gasteiger partial charge in [-0.3, -0.25) is 4.79 Å². The topological polar surface area (TPSA) is 40.5 Å².